The van der Waals surface area contributed by atoms with Crippen molar-refractivity contribution in [1.82, 2.24) is 14.9 Å². The number of rotatable bonds is 7. The van der Waals surface area contributed by atoms with Crippen molar-refractivity contribution < 1.29 is 14.3 Å². The number of carbonyl (C=O) groups is 2. The van der Waals surface area contributed by atoms with Crippen LogP contribution in [0.5, 0.6) is 0 Å². The van der Waals surface area contributed by atoms with Gasteiger partial charge in [0.1, 0.15) is 12.1 Å². The number of aromatic nitrogens is 2. The first-order valence-electron chi connectivity index (χ1n) is 14.1. The molecule has 208 valence electrons. The zero-order valence-corrected chi connectivity index (χ0v) is 22.5. The highest BCUT2D eigenvalue weighted by atomic mass is 16.5. The SMILES string of the molecule is NC(=O)[C@H]1CCCN1c1ccc(-c2ccnc(Nc3ccc(N4CCN(C(=O)C5CCCO5)CC4)cc3)n2)cc1. The van der Waals surface area contributed by atoms with E-state index in [-0.39, 0.29) is 24.0 Å². The summed E-state index contributed by atoms with van der Waals surface area (Å²) in [5.41, 5.74) is 10.4. The third kappa shape index (κ3) is 5.58. The quantitative estimate of drug-likeness (QED) is 0.469. The Kier molecular flexibility index (Phi) is 7.50. The largest absolute Gasteiger partial charge is 0.368 e. The van der Waals surface area contributed by atoms with Crippen molar-refractivity contribution in [3.05, 3.63) is 60.8 Å². The fraction of sp³-hybridized carbons (Fsp3) is 0.400. The number of carbonyl (C=O) groups excluding carboxylic acids is 2. The second-order valence-electron chi connectivity index (χ2n) is 10.6. The Bertz CT molecular complexity index is 1330. The number of hydrogen-bond donors (Lipinski definition) is 2. The predicted molar refractivity (Wildman–Crippen MR) is 155 cm³/mol. The van der Waals surface area contributed by atoms with Gasteiger partial charge in [0.2, 0.25) is 11.9 Å². The Morgan fingerprint density at radius 3 is 2.33 bits per heavy atom. The average Bonchev–Trinajstić information content (AvgIpc) is 3.71. The summed E-state index contributed by atoms with van der Waals surface area (Å²) in [5.74, 6) is 0.382. The van der Waals surface area contributed by atoms with E-state index < -0.39 is 0 Å². The van der Waals surface area contributed by atoms with Gasteiger partial charge >= 0.3 is 0 Å². The molecule has 3 N–H and O–H groups in total. The molecule has 0 spiro atoms. The Morgan fingerprint density at radius 2 is 1.62 bits per heavy atom. The van der Waals surface area contributed by atoms with Crippen molar-refractivity contribution in [1.29, 1.82) is 0 Å². The number of hydrogen-bond acceptors (Lipinski definition) is 8. The molecule has 3 aliphatic heterocycles. The molecule has 2 amide bonds. The minimum absolute atomic E-state index is 0.137. The molecule has 1 aromatic heterocycles. The monoisotopic (exact) mass is 541 g/mol. The standard InChI is InChI=1S/C30H35N7O3/c31-28(38)26-3-1-15-37(26)24-9-5-21(6-10-24)25-13-14-32-30(34-25)33-22-7-11-23(12-8-22)35-16-18-36(19-17-35)29(39)27-4-2-20-40-27/h5-14,26-27H,1-4,15-20H2,(H2,31,38)(H,32,33,34)/t26-,27?/m1/s1. The van der Waals surface area contributed by atoms with Gasteiger partial charge in [-0.2, -0.15) is 0 Å². The van der Waals surface area contributed by atoms with Crippen LogP contribution >= 0.6 is 0 Å². The van der Waals surface area contributed by atoms with Crippen LogP contribution in [0.4, 0.5) is 23.0 Å². The van der Waals surface area contributed by atoms with Crippen LogP contribution in [0.15, 0.2) is 60.8 Å². The van der Waals surface area contributed by atoms with Crippen molar-refractivity contribution in [2.45, 2.75) is 37.8 Å². The summed E-state index contributed by atoms with van der Waals surface area (Å²) in [4.78, 5) is 39.8. The number of anilines is 4. The molecular weight excluding hydrogens is 506 g/mol. The maximum absolute atomic E-state index is 12.6. The Balaban J connectivity index is 1.06. The van der Waals surface area contributed by atoms with Crippen LogP contribution in [0.25, 0.3) is 11.3 Å². The Labute approximate surface area is 234 Å². The molecule has 1 unspecified atom stereocenters. The molecule has 0 aliphatic carbocycles. The van der Waals surface area contributed by atoms with E-state index in [4.69, 9.17) is 15.5 Å². The van der Waals surface area contributed by atoms with Gasteiger partial charge in [-0.15, -0.1) is 0 Å². The molecule has 2 aromatic carbocycles. The van der Waals surface area contributed by atoms with Gasteiger partial charge in [0, 0.05) is 68.2 Å². The first-order valence-corrected chi connectivity index (χ1v) is 14.1. The first kappa shape index (κ1) is 26.1. The zero-order chi connectivity index (χ0) is 27.5. The number of nitrogens with one attached hydrogen (secondary N) is 1. The minimum Gasteiger partial charge on any atom is -0.368 e. The third-order valence-corrected chi connectivity index (χ3v) is 8.02. The second-order valence-corrected chi connectivity index (χ2v) is 10.6. The van der Waals surface area contributed by atoms with Crippen molar-refractivity contribution in [2.75, 3.05) is 54.4 Å². The van der Waals surface area contributed by atoms with Gasteiger partial charge in [-0.25, -0.2) is 9.97 Å². The van der Waals surface area contributed by atoms with Gasteiger partial charge in [-0.1, -0.05) is 12.1 Å². The number of benzene rings is 2. The minimum atomic E-state index is -0.273. The van der Waals surface area contributed by atoms with Crippen molar-refractivity contribution in [3.63, 3.8) is 0 Å². The van der Waals surface area contributed by atoms with E-state index in [2.05, 4.69) is 32.2 Å². The van der Waals surface area contributed by atoms with E-state index in [9.17, 15) is 9.59 Å². The molecule has 0 saturated carbocycles. The van der Waals surface area contributed by atoms with Gasteiger partial charge in [0.05, 0.1) is 5.69 Å². The summed E-state index contributed by atoms with van der Waals surface area (Å²) in [6, 6.07) is 17.9. The highest BCUT2D eigenvalue weighted by molar-refractivity contribution is 5.84. The second kappa shape index (κ2) is 11.5. The Morgan fingerprint density at radius 1 is 0.875 bits per heavy atom. The summed E-state index contributed by atoms with van der Waals surface area (Å²) < 4.78 is 5.57. The number of amides is 2. The molecule has 0 radical (unpaired) electrons. The molecule has 3 fully saturated rings. The summed E-state index contributed by atoms with van der Waals surface area (Å²) in [6.07, 6.45) is 5.07. The van der Waals surface area contributed by atoms with Gasteiger partial charge in [0.15, 0.2) is 0 Å². The lowest BCUT2D eigenvalue weighted by molar-refractivity contribution is -0.141. The van der Waals surface area contributed by atoms with Crippen molar-refractivity contribution in [3.8, 4) is 11.3 Å². The normalized spacial score (nSPS) is 21.1. The lowest BCUT2D eigenvalue weighted by atomic mass is 10.1. The fourth-order valence-electron chi connectivity index (χ4n) is 5.82. The zero-order valence-electron chi connectivity index (χ0n) is 22.5. The summed E-state index contributed by atoms with van der Waals surface area (Å²) in [7, 11) is 0. The number of nitrogens with zero attached hydrogens (tertiary/aromatic N) is 5. The van der Waals surface area contributed by atoms with Crippen LogP contribution in [0.2, 0.25) is 0 Å². The smallest absolute Gasteiger partial charge is 0.251 e. The average molecular weight is 542 g/mol. The van der Waals surface area contributed by atoms with E-state index in [0.29, 0.717) is 25.6 Å². The molecule has 2 atom stereocenters. The lowest BCUT2D eigenvalue weighted by Crippen LogP contribution is -2.51. The maximum Gasteiger partial charge on any atom is 0.251 e. The first-order chi connectivity index (χ1) is 19.5. The van der Waals surface area contributed by atoms with E-state index in [1.807, 2.05) is 47.4 Å². The molecule has 3 aliphatic rings. The van der Waals surface area contributed by atoms with E-state index in [1.165, 1.54) is 0 Å². The topological polar surface area (TPSA) is 117 Å². The number of piperazine rings is 1. The molecule has 0 bridgehead atoms. The molecule has 3 saturated heterocycles. The number of primary amides is 1. The lowest BCUT2D eigenvalue weighted by Gasteiger charge is -2.37. The highest BCUT2D eigenvalue weighted by Crippen LogP contribution is 2.29. The van der Waals surface area contributed by atoms with Crippen molar-refractivity contribution in [2.24, 2.45) is 5.73 Å². The van der Waals surface area contributed by atoms with Crippen LogP contribution in [-0.4, -0.2) is 78.2 Å². The van der Waals surface area contributed by atoms with Crippen LogP contribution in [-0.2, 0) is 14.3 Å². The van der Waals surface area contributed by atoms with Crippen LogP contribution in [0, 0.1) is 0 Å². The van der Waals surface area contributed by atoms with E-state index in [1.54, 1.807) is 6.20 Å². The molecule has 3 aromatic rings. The summed E-state index contributed by atoms with van der Waals surface area (Å²) in [5, 5.41) is 3.30. The van der Waals surface area contributed by atoms with Gasteiger partial charge in [-0.3, -0.25) is 9.59 Å². The van der Waals surface area contributed by atoms with E-state index >= 15 is 0 Å². The fourth-order valence-corrected chi connectivity index (χ4v) is 5.82. The molecule has 10 nitrogen and oxygen atoms in total. The molecular formula is C30H35N7O3. The molecule has 4 heterocycles. The summed E-state index contributed by atoms with van der Waals surface area (Å²) >= 11 is 0. The van der Waals surface area contributed by atoms with Crippen molar-refractivity contribution >= 4 is 34.8 Å². The van der Waals surface area contributed by atoms with Gasteiger partial charge < -0.3 is 30.5 Å². The van der Waals surface area contributed by atoms with E-state index in [0.717, 1.165) is 73.6 Å². The van der Waals surface area contributed by atoms with Crippen LogP contribution < -0.4 is 20.9 Å². The maximum atomic E-state index is 12.6. The van der Waals surface area contributed by atoms with Crippen LogP contribution in [0.1, 0.15) is 25.7 Å². The highest BCUT2D eigenvalue weighted by Gasteiger charge is 2.31. The Hall–Kier alpha value is -4.18. The summed E-state index contributed by atoms with van der Waals surface area (Å²) in [6.45, 7) is 4.55. The van der Waals surface area contributed by atoms with Crippen LogP contribution in [0.3, 0.4) is 0 Å². The number of nitrogens with two attached hydrogens (primary N) is 1. The third-order valence-electron chi connectivity index (χ3n) is 8.02. The predicted octanol–water partition coefficient (Wildman–Crippen LogP) is 3.17. The molecule has 10 heteroatoms. The molecule has 6 rings (SSSR count). The van der Waals surface area contributed by atoms with Gasteiger partial charge in [-0.05, 0) is 68.1 Å². The molecule has 40 heavy (non-hydrogen) atoms. The van der Waals surface area contributed by atoms with Gasteiger partial charge in [0.25, 0.3) is 5.91 Å². The number of ether oxygens (including phenoxy) is 1.